The summed E-state index contributed by atoms with van der Waals surface area (Å²) in [6.45, 7) is 2.18. The molecular weight excluding hydrogens is 448 g/mol. The van der Waals surface area contributed by atoms with E-state index < -0.39 is 24.5 Å². The van der Waals surface area contributed by atoms with E-state index >= 15 is 0 Å². The van der Waals surface area contributed by atoms with E-state index in [2.05, 4.69) is 10.1 Å². The van der Waals surface area contributed by atoms with Gasteiger partial charge in [-0.25, -0.2) is 0 Å². The van der Waals surface area contributed by atoms with Gasteiger partial charge in [0.2, 0.25) is 0 Å². The Morgan fingerprint density at radius 2 is 1.87 bits per heavy atom. The number of hydrogen-bond donors (Lipinski definition) is 1. The van der Waals surface area contributed by atoms with Crippen LogP contribution in [0, 0.1) is 0 Å². The standard InChI is InChI=1S/C20H19ClNO7.2Na/c1-11(22-10-15(23)13-3-2-4-14(21)9-13)7-12-5-6-16-17(8-12)28-19(27-16)18(24)29-20(25)26;;/h2-6,8-9,11,15,19,22H,7,10H2,1H3,(H,25,26);;/q-1;2*+1/p-1/t11?,15-,19+;;/m0../s1. The molecule has 0 spiro atoms. The Hall–Kier alpha value is -0.810. The van der Waals surface area contributed by atoms with Crippen molar-refractivity contribution in [1.82, 2.24) is 5.32 Å². The first-order chi connectivity index (χ1) is 13.8. The molecule has 8 nitrogen and oxygen atoms in total. The van der Waals surface area contributed by atoms with Gasteiger partial charge in [0.1, 0.15) is 0 Å². The molecule has 1 unspecified atom stereocenters. The number of esters is 1. The van der Waals surface area contributed by atoms with Crippen molar-refractivity contribution in [1.29, 1.82) is 0 Å². The van der Waals surface area contributed by atoms with Gasteiger partial charge in [0.15, 0.2) is 11.5 Å². The predicted octanol–water partition coefficient (Wildman–Crippen LogP) is -5.05. The molecule has 3 atom stereocenters. The summed E-state index contributed by atoms with van der Waals surface area (Å²) >= 11 is 5.92. The third-order valence-corrected chi connectivity index (χ3v) is 4.50. The number of benzene rings is 2. The molecule has 0 radical (unpaired) electrons. The number of carboxylic acid groups (broad SMARTS) is 1. The molecule has 0 bridgehead atoms. The van der Waals surface area contributed by atoms with E-state index in [0.717, 1.165) is 5.56 Å². The summed E-state index contributed by atoms with van der Waals surface area (Å²) in [5.74, 6) is -0.605. The van der Waals surface area contributed by atoms with Gasteiger partial charge in [-0.3, -0.25) is 4.79 Å². The Labute approximate surface area is 228 Å². The SMILES string of the molecule is CC(Cc1ccc2c(c1)O[C@H](C(=O)OC(=O)[O-])O2)NC[C@H]([O-])c1cccc(Cl)c1.[Na+].[Na+]. The number of carbonyl (C=O) groups excluding carboxylic acids is 2. The van der Waals surface area contributed by atoms with Crippen LogP contribution in [0.15, 0.2) is 42.5 Å². The van der Waals surface area contributed by atoms with Crippen molar-refractivity contribution in [2.24, 2.45) is 0 Å². The molecule has 31 heavy (non-hydrogen) atoms. The Morgan fingerprint density at radius 3 is 2.55 bits per heavy atom. The molecule has 0 amide bonds. The Kier molecular flexibility index (Phi) is 11.9. The van der Waals surface area contributed by atoms with Crippen LogP contribution in [0.5, 0.6) is 11.5 Å². The zero-order chi connectivity index (χ0) is 21.0. The van der Waals surface area contributed by atoms with Gasteiger partial charge in [0, 0.05) is 11.1 Å². The zero-order valence-electron chi connectivity index (χ0n) is 17.4. The minimum atomic E-state index is -1.98. The molecule has 0 saturated heterocycles. The number of halogens is 1. The summed E-state index contributed by atoms with van der Waals surface area (Å²) < 4.78 is 14.4. The first-order valence-electron chi connectivity index (χ1n) is 8.85. The molecular formula is C20H18ClNNa2O7. The largest absolute Gasteiger partial charge is 1.00 e. The molecule has 0 aliphatic carbocycles. The van der Waals surface area contributed by atoms with E-state index in [4.69, 9.17) is 21.1 Å². The van der Waals surface area contributed by atoms with Crippen molar-refractivity contribution >= 4 is 23.7 Å². The van der Waals surface area contributed by atoms with Crippen LogP contribution in [-0.4, -0.2) is 31.0 Å². The Balaban J connectivity index is 0.00000240. The molecule has 0 saturated carbocycles. The third kappa shape index (κ3) is 8.24. The quantitative estimate of drug-likeness (QED) is 0.245. The second-order valence-corrected chi connectivity index (χ2v) is 7.01. The van der Waals surface area contributed by atoms with Crippen LogP contribution in [0.2, 0.25) is 5.02 Å². The summed E-state index contributed by atoms with van der Waals surface area (Å²) in [6.07, 6.45) is -3.82. The van der Waals surface area contributed by atoms with Gasteiger partial charge in [-0.05, 0) is 49.7 Å². The molecule has 2 aromatic rings. The van der Waals surface area contributed by atoms with Gasteiger partial charge >= 0.3 is 71.4 Å². The van der Waals surface area contributed by atoms with E-state index in [1.54, 1.807) is 42.5 Å². The molecule has 0 fully saturated rings. The number of fused-ring (bicyclic) bond motifs is 1. The maximum Gasteiger partial charge on any atom is 1.00 e. The van der Waals surface area contributed by atoms with E-state index in [1.165, 1.54) is 0 Å². The molecule has 154 valence electrons. The number of ether oxygens (including phenoxy) is 3. The Morgan fingerprint density at radius 1 is 1.16 bits per heavy atom. The monoisotopic (exact) mass is 465 g/mol. The van der Waals surface area contributed by atoms with E-state index in [1.807, 2.05) is 6.92 Å². The van der Waals surface area contributed by atoms with Gasteiger partial charge in [0.25, 0.3) is 6.16 Å². The summed E-state index contributed by atoms with van der Waals surface area (Å²) in [5.41, 5.74) is 1.50. The topological polar surface area (TPSA) is 120 Å². The van der Waals surface area contributed by atoms with Crippen LogP contribution in [0.1, 0.15) is 24.2 Å². The molecule has 3 rings (SSSR count). The van der Waals surface area contributed by atoms with Crippen LogP contribution in [0.3, 0.4) is 0 Å². The van der Waals surface area contributed by atoms with Gasteiger partial charge < -0.3 is 34.5 Å². The summed E-state index contributed by atoms with van der Waals surface area (Å²) in [6, 6.07) is 12.0. The minimum Gasteiger partial charge on any atom is -0.848 e. The molecule has 2 aromatic carbocycles. The van der Waals surface area contributed by atoms with Crippen LogP contribution >= 0.6 is 11.6 Å². The fraction of sp³-hybridized carbons (Fsp3) is 0.300. The van der Waals surface area contributed by atoms with E-state index in [0.29, 0.717) is 28.5 Å². The number of carbonyl (C=O) groups is 2. The molecule has 1 N–H and O–H groups in total. The molecule has 11 heteroatoms. The first-order valence-corrected chi connectivity index (χ1v) is 9.23. The molecule has 1 heterocycles. The van der Waals surface area contributed by atoms with Gasteiger partial charge in [-0.1, -0.05) is 41.5 Å². The number of nitrogens with one attached hydrogen (secondary N) is 1. The van der Waals surface area contributed by atoms with Gasteiger partial charge in [-0.15, -0.1) is 0 Å². The average molecular weight is 466 g/mol. The fourth-order valence-electron chi connectivity index (χ4n) is 2.91. The first kappa shape index (κ1) is 28.2. The third-order valence-electron chi connectivity index (χ3n) is 4.27. The smallest absolute Gasteiger partial charge is 0.848 e. The summed E-state index contributed by atoms with van der Waals surface area (Å²) in [5, 5.41) is 26.4. The average Bonchev–Trinajstić information content (AvgIpc) is 3.09. The predicted molar refractivity (Wildman–Crippen MR) is 98.3 cm³/mol. The number of hydrogen-bond acceptors (Lipinski definition) is 8. The normalized spacial score (nSPS) is 15.8. The van der Waals surface area contributed by atoms with Crippen molar-refractivity contribution < 1.29 is 93.1 Å². The maximum absolute atomic E-state index is 12.3. The van der Waals surface area contributed by atoms with Crippen molar-refractivity contribution in [3.63, 3.8) is 0 Å². The van der Waals surface area contributed by atoms with Gasteiger partial charge in [0.05, 0.1) is 0 Å². The van der Waals surface area contributed by atoms with Crippen LogP contribution < -0.4 is 84.1 Å². The fourth-order valence-corrected chi connectivity index (χ4v) is 3.11. The van der Waals surface area contributed by atoms with E-state index in [-0.39, 0.29) is 71.7 Å². The summed E-state index contributed by atoms with van der Waals surface area (Å²) in [7, 11) is 0. The van der Waals surface area contributed by atoms with Gasteiger partial charge in [-0.2, -0.15) is 0 Å². The van der Waals surface area contributed by atoms with Crippen molar-refractivity contribution in [3.8, 4) is 11.5 Å². The second-order valence-electron chi connectivity index (χ2n) is 6.58. The van der Waals surface area contributed by atoms with Crippen LogP contribution in [0.4, 0.5) is 4.79 Å². The number of rotatable bonds is 7. The Bertz CT molecular complexity index is 915. The maximum atomic E-state index is 12.3. The van der Waals surface area contributed by atoms with Crippen molar-refractivity contribution in [2.45, 2.75) is 31.8 Å². The van der Waals surface area contributed by atoms with Crippen molar-refractivity contribution in [2.75, 3.05) is 6.54 Å². The molecule has 1 aliphatic rings. The van der Waals surface area contributed by atoms with Crippen molar-refractivity contribution in [3.05, 3.63) is 58.6 Å². The van der Waals surface area contributed by atoms with Crippen LogP contribution in [0.25, 0.3) is 0 Å². The van der Waals surface area contributed by atoms with Crippen LogP contribution in [-0.2, 0) is 16.0 Å². The second kappa shape index (κ2) is 13.0. The minimum absolute atomic E-state index is 0. The summed E-state index contributed by atoms with van der Waals surface area (Å²) in [4.78, 5) is 21.9. The molecule has 1 aliphatic heterocycles. The molecule has 0 aromatic heterocycles. The zero-order valence-corrected chi connectivity index (χ0v) is 22.2. The van der Waals surface area contributed by atoms with E-state index in [9.17, 15) is 19.8 Å².